The van der Waals surface area contributed by atoms with Crippen LogP contribution in [-0.2, 0) is 0 Å². The summed E-state index contributed by atoms with van der Waals surface area (Å²) in [6.45, 7) is 0. The number of halogens is 1. The van der Waals surface area contributed by atoms with Crippen LogP contribution in [0.5, 0.6) is 0 Å². The maximum atomic E-state index is 6.95. The predicted molar refractivity (Wildman–Crippen MR) is 72.9 cm³/mol. The summed E-state index contributed by atoms with van der Waals surface area (Å²) >= 11 is 6.95. The van der Waals surface area contributed by atoms with Crippen molar-refractivity contribution in [3.8, 4) is 0 Å². The number of hydrogen-bond donors (Lipinski definition) is 0. The molecule has 84 valence electrons. The van der Waals surface area contributed by atoms with Crippen molar-refractivity contribution >= 4 is 24.8 Å². The van der Waals surface area contributed by atoms with Gasteiger partial charge in [-0.05, 0) is 32.2 Å². The van der Waals surface area contributed by atoms with E-state index in [1.807, 2.05) is 0 Å². The third kappa shape index (κ3) is 1.63. The van der Waals surface area contributed by atoms with Crippen molar-refractivity contribution < 1.29 is 0 Å². The summed E-state index contributed by atoms with van der Waals surface area (Å²) < 4.78 is 0.0609. The second-order valence-electron chi connectivity index (χ2n) is 4.69. The summed E-state index contributed by atoms with van der Waals surface area (Å²) in [5, 5.41) is 1.48. The fourth-order valence-corrected chi connectivity index (χ4v) is 6.63. The lowest BCUT2D eigenvalue weighted by Gasteiger charge is -2.39. The number of benzene rings is 1. The largest absolute Gasteiger partial charge is 0.113 e. The van der Waals surface area contributed by atoms with E-state index in [2.05, 4.69) is 42.5 Å². The Morgan fingerprint density at radius 2 is 2.06 bits per heavy atom. The van der Waals surface area contributed by atoms with E-state index < -0.39 is 0 Å². The highest BCUT2D eigenvalue weighted by molar-refractivity contribution is 7.69. The molecule has 1 fully saturated rings. The van der Waals surface area contributed by atoms with Crippen LogP contribution in [0.3, 0.4) is 0 Å². The van der Waals surface area contributed by atoms with E-state index in [1.54, 1.807) is 0 Å². The second kappa shape index (κ2) is 4.17. The molecule has 1 aromatic carbocycles. The Hall–Kier alpha value is -0.320. The van der Waals surface area contributed by atoms with Gasteiger partial charge in [-0.25, -0.2) is 0 Å². The van der Waals surface area contributed by atoms with E-state index >= 15 is 0 Å². The quantitative estimate of drug-likeness (QED) is 0.400. The Labute approximate surface area is 103 Å². The van der Waals surface area contributed by atoms with Gasteiger partial charge >= 0.3 is 0 Å². The number of fused-ring (bicyclic) bond motifs is 1. The molecule has 1 saturated carbocycles. The first-order valence-electron chi connectivity index (χ1n) is 5.99. The van der Waals surface area contributed by atoms with Gasteiger partial charge < -0.3 is 0 Å². The molecule has 0 nitrogen and oxygen atoms in total. The van der Waals surface area contributed by atoms with Gasteiger partial charge in [0.2, 0.25) is 0 Å². The van der Waals surface area contributed by atoms with Gasteiger partial charge in [-0.15, -0.1) is 11.6 Å². The molecule has 3 rings (SSSR count). The first kappa shape index (κ1) is 10.8. The Morgan fingerprint density at radius 3 is 2.88 bits per heavy atom. The lowest BCUT2D eigenvalue weighted by atomic mass is 10.1. The molecule has 1 aliphatic heterocycles. The predicted octanol–water partition coefficient (Wildman–Crippen LogP) is 4.10. The van der Waals surface area contributed by atoms with E-state index in [0.717, 1.165) is 0 Å². The third-order valence-electron chi connectivity index (χ3n) is 3.78. The van der Waals surface area contributed by atoms with Crippen molar-refractivity contribution in [2.24, 2.45) is 5.92 Å². The summed E-state index contributed by atoms with van der Waals surface area (Å²) in [7, 11) is -0.211. The van der Waals surface area contributed by atoms with E-state index in [-0.39, 0.29) is 12.5 Å². The number of hydrogen-bond acceptors (Lipinski definition) is 0. The maximum Gasteiger partial charge on any atom is 0.0747 e. The minimum absolute atomic E-state index is 0.0609. The SMILES string of the molecule is ClC12CCCC1C=CCP2c1ccccc1. The molecule has 3 atom stereocenters. The molecule has 0 bridgehead atoms. The lowest BCUT2D eigenvalue weighted by molar-refractivity contribution is 0.642. The van der Waals surface area contributed by atoms with Crippen LogP contribution in [0.4, 0.5) is 0 Å². The van der Waals surface area contributed by atoms with Crippen molar-refractivity contribution in [2.45, 2.75) is 23.9 Å². The van der Waals surface area contributed by atoms with Crippen molar-refractivity contribution in [3.63, 3.8) is 0 Å². The van der Waals surface area contributed by atoms with Crippen LogP contribution in [0.25, 0.3) is 0 Å². The van der Waals surface area contributed by atoms with Crippen LogP contribution < -0.4 is 5.30 Å². The minimum Gasteiger partial charge on any atom is -0.113 e. The van der Waals surface area contributed by atoms with E-state index in [4.69, 9.17) is 11.6 Å². The van der Waals surface area contributed by atoms with Crippen molar-refractivity contribution in [2.75, 3.05) is 6.16 Å². The van der Waals surface area contributed by atoms with E-state index in [9.17, 15) is 0 Å². The van der Waals surface area contributed by atoms with Crippen LogP contribution in [-0.4, -0.2) is 10.8 Å². The molecular formula is C14H16ClP. The van der Waals surface area contributed by atoms with Crippen molar-refractivity contribution in [1.29, 1.82) is 0 Å². The maximum absolute atomic E-state index is 6.95. The average Bonchev–Trinajstić information content (AvgIpc) is 2.71. The molecule has 1 heterocycles. The third-order valence-corrected chi connectivity index (χ3v) is 7.82. The first-order chi connectivity index (χ1) is 7.81. The van der Waals surface area contributed by atoms with Crippen LogP contribution in [0.2, 0.25) is 0 Å². The van der Waals surface area contributed by atoms with Gasteiger partial charge in [-0.3, -0.25) is 0 Å². The zero-order chi connectivity index (χ0) is 11.0. The van der Waals surface area contributed by atoms with Crippen molar-refractivity contribution in [3.05, 3.63) is 42.5 Å². The Morgan fingerprint density at radius 1 is 1.25 bits per heavy atom. The van der Waals surface area contributed by atoms with Gasteiger partial charge in [0.15, 0.2) is 0 Å². The molecule has 1 aromatic rings. The second-order valence-corrected chi connectivity index (χ2v) is 8.17. The molecule has 0 amide bonds. The molecule has 2 heteroatoms. The average molecular weight is 251 g/mol. The molecule has 0 spiro atoms. The summed E-state index contributed by atoms with van der Waals surface area (Å²) in [6.07, 6.45) is 9.66. The minimum atomic E-state index is -0.211. The lowest BCUT2D eigenvalue weighted by Crippen LogP contribution is -2.31. The van der Waals surface area contributed by atoms with E-state index in [0.29, 0.717) is 5.92 Å². The molecule has 0 radical (unpaired) electrons. The molecule has 3 unspecified atom stereocenters. The molecule has 2 aliphatic rings. The smallest absolute Gasteiger partial charge is 0.0747 e. The molecular weight excluding hydrogens is 235 g/mol. The summed E-state index contributed by atoms with van der Waals surface area (Å²) in [6, 6.07) is 10.9. The standard InChI is InChI=1S/C14H16ClP/c15-14-10-4-6-12(14)7-5-11-16(14)13-8-2-1-3-9-13/h1-3,5,7-9,12H,4,6,10-11H2. The number of allylic oxidation sites excluding steroid dienone is 2. The molecule has 1 aliphatic carbocycles. The zero-order valence-electron chi connectivity index (χ0n) is 9.27. The molecule has 16 heavy (non-hydrogen) atoms. The van der Waals surface area contributed by atoms with Gasteiger partial charge in [-0.1, -0.05) is 48.9 Å². The molecule has 0 aromatic heterocycles. The monoisotopic (exact) mass is 250 g/mol. The Balaban J connectivity index is 1.99. The zero-order valence-corrected chi connectivity index (χ0v) is 10.9. The first-order valence-corrected chi connectivity index (χ1v) is 7.89. The van der Waals surface area contributed by atoms with Gasteiger partial charge in [0.1, 0.15) is 0 Å². The highest BCUT2D eigenvalue weighted by atomic mass is 35.5. The Bertz CT molecular complexity index is 400. The Kier molecular flexibility index (Phi) is 2.81. The highest BCUT2D eigenvalue weighted by Crippen LogP contribution is 2.64. The fourth-order valence-electron chi connectivity index (χ4n) is 2.97. The van der Waals surface area contributed by atoms with Crippen LogP contribution in [0, 0.1) is 5.92 Å². The van der Waals surface area contributed by atoms with Gasteiger partial charge in [-0.2, -0.15) is 0 Å². The number of rotatable bonds is 1. The summed E-state index contributed by atoms with van der Waals surface area (Å²) in [5.41, 5.74) is 0. The number of alkyl halides is 1. The van der Waals surface area contributed by atoms with Gasteiger partial charge in [0.05, 0.1) is 4.62 Å². The van der Waals surface area contributed by atoms with Crippen molar-refractivity contribution in [1.82, 2.24) is 0 Å². The highest BCUT2D eigenvalue weighted by Gasteiger charge is 2.47. The van der Waals surface area contributed by atoms with Crippen LogP contribution >= 0.6 is 19.5 Å². The normalized spacial score (nSPS) is 37.3. The van der Waals surface area contributed by atoms with E-state index in [1.165, 1.54) is 30.7 Å². The fraction of sp³-hybridized carbons (Fsp3) is 0.429. The summed E-state index contributed by atoms with van der Waals surface area (Å²) in [4.78, 5) is 0. The van der Waals surface area contributed by atoms with Crippen LogP contribution in [0.1, 0.15) is 19.3 Å². The van der Waals surface area contributed by atoms with Gasteiger partial charge in [0, 0.05) is 5.92 Å². The topological polar surface area (TPSA) is 0 Å². The summed E-state index contributed by atoms with van der Waals surface area (Å²) in [5.74, 6) is 0.620. The van der Waals surface area contributed by atoms with Crippen LogP contribution in [0.15, 0.2) is 42.5 Å². The molecule has 0 saturated heterocycles. The molecule has 0 N–H and O–H groups in total. The van der Waals surface area contributed by atoms with Gasteiger partial charge in [0.25, 0.3) is 0 Å².